The van der Waals surface area contributed by atoms with Gasteiger partial charge in [0.25, 0.3) is 0 Å². The number of alkyl carbamates (subject to hydrolysis) is 1. The summed E-state index contributed by atoms with van der Waals surface area (Å²) < 4.78 is 18.5. The highest BCUT2D eigenvalue weighted by molar-refractivity contribution is 6.56. The first-order valence-corrected chi connectivity index (χ1v) is 15.5. The fraction of sp³-hybridized carbons (Fsp3) is 0.237. The molecular weight excluding hydrogens is 577 g/mol. The van der Waals surface area contributed by atoms with Gasteiger partial charge in [0.1, 0.15) is 6.61 Å². The van der Waals surface area contributed by atoms with Crippen molar-refractivity contribution in [3.05, 3.63) is 124 Å². The predicted octanol–water partition coefficient (Wildman–Crippen LogP) is 7.29. The Bertz CT molecular complexity index is 1880. The Balaban J connectivity index is 1.14. The molecule has 46 heavy (non-hydrogen) atoms. The van der Waals surface area contributed by atoms with Crippen LogP contribution < -0.4 is 5.32 Å². The Kier molecular flexibility index (Phi) is 7.30. The summed E-state index contributed by atoms with van der Waals surface area (Å²) in [6.45, 7) is 8.21. The topological polar surface area (TPSA) is 90.9 Å². The third-order valence-electron chi connectivity index (χ3n) is 9.64. The van der Waals surface area contributed by atoms with Crippen molar-refractivity contribution in [3.63, 3.8) is 0 Å². The van der Waals surface area contributed by atoms with Crippen LogP contribution in [0, 0.1) is 0 Å². The fourth-order valence-electron chi connectivity index (χ4n) is 6.47. The monoisotopic (exact) mass is 611 g/mol. The quantitative estimate of drug-likeness (QED) is 0.182. The zero-order chi connectivity index (χ0) is 32.2. The molecular formula is C38H34BNO6. The molecule has 3 aliphatic rings. The van der Waals surface area contributed by atoms with Crippen LogP contribution in [0.25, 0.3) is 28.3 Å². The van der Waals surface area contributed by atoms with Crippen molar-refractivity contribution in [2.24, 2.45) is 0 Å². The van der Waals surface area contributed by atoms with Crippen molar-refractivity contribution >= 4 is 30.9 Å². The van der Waals surface area contributed by atoms with Gasteiger partial charge < -0.3 is 19.4 Å². The summed E-state index contributed by atoms with van der Waals surface area (Å²) in [5.41, 5.74) is 7.04. The minimum absolute atomic E-state index is 0.0516. The lowest BCUT2D eigenvalue weighted by Gasteiger charge is -2.32. The molecule has 1 aliphatic heterocycles. The van der Waals surface area contributed by atoms with E-state index in [9.17, 15) is 14.4 Å². The maximum atomic E-state index is 13.1. The second-order valence-electron chi connectivity index (χ2n) is 13.0. The fourth-order valence-corrected chi connectivity index (χ4v) is 6.47. The first-order chi connectivity index (χ1) is 22.0. The Morgan fingerprint density at radius 2 is 1.26 bits per heavy atom. The standard InChI is InChI=1S/C38H34BNO6/c1-37(2)38(3,4)46-39(45-37)24(19-23-17-18-31-32(20-23)29-15-9-10-16-30(29)34(41)35(31)42)21-40-36(43)44-22-33-27-13-7-5-11-25(27)26-12-6-8-14-28(26)33/h5-20,33H,21-22H2,1-4H3,(H,40,43). The molecule has 0 atom stereocenters. The molecule has 7 nitrogen and oxygen atoms in total. The van der Waals surface area contributed by atoms with Crippen molar-refractivity contribution in [3.8, 4) is 22.3 Å². The van der Waals surface area contributed by atoms with E-state index < -0.39 is 36.0 Å². The van der Waals surface area contributed by atoms with Crippen molar-refractivity contribution in [1.29, 1.82) is 0 Å². The van der Waals surface area contributed by atoms with E-state index in [0.29, 0.717) is 27.7 Å². The van der Waals surface area contributed by atoms with Gasteiger partial charge in [0.2, 0.25) is 11.6 Å². The predicted molar refractivity (Wildman–Crippen MR) is 178 cm³/mol. The Labute approximate surface area is 268 Å². The number of ketones is 2. The van der Waals surface area contributed by atoms with Crippen molar-refractivity contribution in [1.82, 2.24) is 5.32 Å². The number of benzene rings is 4. The SMILES string of the molecule is CC1(C)OB(C(=Cc2ccc3c(c2)-c2ccccc2C(=O)C3=O)CNC(=O)OCC2c3ccccc3-c3ccccc32)OC1(C)C. The second kappa shape index (κ2) is 11.2. The van der Waals surface area contributed by atoms with E-state index in [0.717, 1.165) is 27.8 Å². The van der Waals surface area contributed by atoms with Gasteiger partial charge in [0, 0.05) is 23.6 Å². The molecule has 1 fully saturated rings. The van der Waals surface area contributed by atoms with Gasteiger partial charge in [-0.25, -0.2) is 4.79 Å². The maximum absolute atomic E-state index is 13.1. The minimum Gasteiger partial charge on any atom is -0.449 e. The second-order valence-corrected chi connectivity index (χ2v) is 13.0. The van der Waals surface area contributed by atoms with Crippen LogP contribution in [0.15, 0.2) is 96.5 Å². The lowest BCUT2D eigenvalue weighted by molar-refractivity contribution is 0.00578. The van der Waals surface area contributed by atoms with Crippen LogP contribution >= 0.6 is 0 Å². The third kappa shape index (κ3) is 5.08. The summed E-state index contributed by atoms with van der Waals surface area (Å²) in [5.74, 6) is -1.08. The van der Waals surface area contributed by atoms with Crippen LogP contribution in [0.3, 0.4) is 0 Å². The lowest BCUT2D eigenvalue weighted by Crippen LogP contribution is -2.41. The van der Waals surface area contributed by atoms with Gasteiger partial charge in [-0.15, -0.1) is 0 Å². The van der Waals surface area contributed by atoms with E-state index in [1.54, 1.807) is 24.3 Å². The average Bonchev–Trinajstić information content (AvgIpc) is 3.49. The number of hydrogen-bond donors (Lipinski definition) is 1. The number of fused-ring (bicyclic) bond motifs is 6. The number of ether oxygens (including phenoxy) is 1. The molecule has 0 unspecified atom stereocenters. The number of rotatable bonds is 6. The highest BCUT2D eigenvalue weighted by atomic mass is 16.7. The number of amides is 1. The summed E-state index contributed by atoms with van der Waals surface area (Å²) in [6.07, 6.45) is 1.35. The van der Waals surface area contributed by atoms with Crippen LogP contribution in [0.5, 0.6) is 0 Å². The molecule has 8 heteroatoms. The highest BCUT2D eigenvalue weighted by Crippen LogP contribution is 2.44. The zero-order valence-electron chi connectivity index (χ0n) is 26.3. The maximum Gasteiger partial charge on any atom is 0.492 e. The largest absolute Gasteiger partial charge is 0.492 e. The summed E-state index contributed by atoms with van der Waals surface area (Å²) in [4.78, 5) is 38.7. The first-order valence-electron chi connectivity index (χ1n) is 15.5. The minimum atomic E-state index is -0.731. The zero-order valence-corrected chi connectivity index (χ0v) is 26.3. The van der Waals surface area contributed by atoms with E-state index in [-0.39, 0.29) is 19.1 Å². The number of carbonyl (C=O) groups is 3. The van der Waals surface area contributed by atoms with Gasteiger partial charge in [0.05, 0.1) is 11.2 Å². The first kappa shape index (κ1) is 29.9. The van der Waals surface area contributed by atoms with Crippen LogP contribution in [0.4, 0.5) is 4.79 Å². The molecule has 1 N–H and O–H groups in total. The van der Waals surface area contributed by atoms with E-state index >= 15 is 0 Å². The number of nitrogens with one attached hydrogen (secondary N) is 1. The number of hydrogen-bond acceptors (Lipinski definition) is 6. The smallest absolute Gasteiger partial charge is 0.449 e. The van der Waals surface area contributed by atoms with E-state index in [1.165, 1.54) is 0 Å². The van der Waals surface area contributed by atoms with Gasteiger partial charge in [-0.3, -0.25) is 9.59 Å². The van der Waals surface area contributed by atoms with Crippen LogP contribution in [0.2, 0.25) is 0 Å². The Hall–Kier alpha value is -4.79. The normalized spacial score (nSPS) is 17.7. The van der Waals surface area contributed by atoms with Gasteiger partial charge >= 0.3 is 13.2 Å². The summed E-state index contributed by atoms with van der Waals surface area (Å²) in [5, 5.41) is 2.91. The van der Waals surface area contributed by atoms with E-state index in [1.807, 2.05) is 76.2 Å². The van der Waals surface area contributed by atoms with Crippen molar-refractivity contribution in [2.45, 2.75) is 44.8 Å². The molecule has 0 spiro atoms. The van der Waals surface area contributed by atoms with Crippen LogP contribution in [-0.4, -0.2) is 49.1 Å². The molecule has 1 saturated heterocycles. The molecule has 4 aromatic carbocycles. The molecule has 1 amide bonds. The third-order valence-corrected chi connectivity index (χ3v) is 9.64. The molecule has 1 heterocycles. The highest BCUT2D eigenvalue weighted by Gasteiger charge is 2.52. The number of carbonyl (C=O) groups excluding carboxylic acids is 3. The summed E-state index contributed by atoms with van der Waals surface area (Å²) >= 11 is 0. The van der Waals surface area contributed by atoms with Gasteiger partial charge in [-0.1, -0.05) is 84.9 Å². The average molecular weight is 612 g/mol. The molecule has 230 valence electrons. The number of Topliss-reactive ketones (excluding diaryl/α,β-unsaturated/α-hetero) is 2. The van der Waals surface area contributed by atoms with Crippen LogP contribution in [0.1, 0.15) is 71.0 Å². The molecule has 2 aliphatic carbocycles. The van der Waals surface area contributed by atoms with E-state index in [2.05, 4.69) is 29.6 Å². The molecule has 4 aromatic rings. The van der Waals surface area contributed by atoms with Crippen molar-refractivity contribution in [2.75, 3.05) is 13.2 Å². The summed E-state index contributed by atoms with van der Waals surface area (Å²) in [6, 6.07) is 28.9. The Morgan fingerprint density at radius 1 is 0.739 bits per heavy atom. The molecule has 7 rings (SSSR count). The summed E-state index contributed by atoms with van der Waals surface area (Å²) in [7, 11) is -0.731. The molecule has 0 aromatic heterocycles. The van der Waals surface area contributed by atoms with Crippen LogP contribution in [-0.2, 0) is 14.0 Å². The Morgan fingerprint density at radius 3 is 1.87 bits per heavy atom. The van der Waals surface area contributed by atoms with Gasteiger partial charge in [-0.2, -0.15) is 0 Å². The van der Waals surface area contributed by atoms with Crippen molar-refractivity contribution < 1.29 is 28.4 Å². The molecule has 0 saturated carbocycles. The lowest BCUT2D eigenvalue weighted by atomic mass is 9.76. The molecule has 0 radical (unpaired) electrons. The van der Waals surface area contributed by atoms with Gasteiger partial charge in [0.15, 0.2) is 0 Å². The van der Waals surface area contributed by atoms with Gasteiger partial charge in [-0.05, 0) is 84.2 Å². The molecule has 0 bridgehead atoms. The van der Waals surface area contributed by atoms with E-state index in [4.69, 9.17) is 14.0 Å².